The van der Waals surface area contributed by atoms with Crippen molar-refractivity contribution in [3.05, 3.63) is 247 Å². The molecule has 276 valence electrons. The quantitative estimate of drug-likeness (QED) is 0.174. The molecule has 2 aliphatic rings. The van der Waals surface area contributed by atoms with Gasteiger partial charge in [0.05, 0.1) is 5.41 Å². The van der Waals surface area contributed by atoms with Gasteiger partial charge in [0.1, 0.15) is 11.5 Å². The van der Waals surface area contributed by atoms with Crippen molar-refractivity contribution in [2.45, 2.75) is 5.41 Å². The zero-order valence-corrected chi connectivity index (χ0v) is 32.2. The average Bonchev–Trinajstić information content (AvgIpc) is 3.59. The zero-order chi connectivity index (χ0) is 38.9. The largest absolute Gasteiger partial charge is 0.456 e. The van der Waals surface area contributed by atoms with Gasteiger partial charge >= 0.3 is 0 Å². The lowest BCUT2D eigenvalue weighted by atomic mass is 9.65. The van der Waals surface area contributed by atoms with Crippen LogP contribution in [-0.2, 0) is 5.41 Å². The first-order chi connectivity index (χ1) is 29.2. The minimum absolute atomic E-state index is 0.598. The van der Waals surface area contributed by atoms with Crippen molar-refractivity contribution >= 4 is 38.6 Å². The summed E-state index contributed by atoms with van der Waals surface area (Å²) in [4.78, 5) is 2.41. The lowest BCUT2D eigenvalue weighted by molar-refractivity contribution is 0.441. The van der Waals surface area contributed by atoms with Gasteiger partial charge in [0, 0.05) is 33.6 Å². The predicted molar refractivity (Wildman–Crippen MR) is 244 cm³/mol. The second-order valence-electron chi connectivity index (χ2n) is 15.6. The fourth-order valence-corrected chi connectivity index (χ4v) is 9.81. The molecule has 10 aromatic rings. The summed E-state index contributed by atoms with van der Waals surface area (Å²) in [7, 11) is 0. The molecule has 1 spiro atoms. The number of fused-ring (bicyclic) bond motifs is 12. The van der Waals surface area contributed by atoms with Gasteiger partial charge < -0.3 is 9.64 Å². The summed E-state index contributed by atoms with van der Waals surface area (Å²) in [6.07, 6.45) is 0. The average molecular weight is 752 g/mol. The highest BCUT2D eigenvalue weighted by Gasteiger charge is 2.51. The van der Waals surface area contributed by atoms with Crippen molar-refractivity contribution in [3.8, 4) is 44.9 Å². The third-order valence-corrected chi connectivity index (χ3v) is 12.5. The maximum absolute atomic E-state index is 6.93. The molecule has 1 atom stereocenters. The molecule has 0 amide bonds. The molecule has 1 aliphatic heterocycles. The Hall–Kier alpha value is -7.68. The molecule has 0 saturated heterocycles. The standard InChI is InChI=1S/C57H37NO/c1-2-12-38(13-3-1)40-24-29-45(30-25-40)58(46-31-26-41(27-32-46)44-23-22-39-14-4-5-16-43(39)36-44)47-33-34-50-49-18-8-9-19-51(49)57(54(50)37-47)52-20-10-11-21-55(52)59-56-48-17-7-6-15-42(48)28-35-53(56)57/h1-37H. The monoisotopic (exact) mass is 751 g/mol. The zero-order valence-electron chi connectivity index (χ0n) is 32.2. The van der Waals surface area contributed by atoms with E-state index in [1.54, 1.807) is 0 Å². The van der Waals surface area contributed by atoms with Gasteiger partial charge in [-0.2, -0.15) is 0 Å². The van der Waals surface area contributed by atoms with E-state index < -0.39 is 5.41 Å². The van der Waals surface area contributed by atoms with Crippen LogP contribution in [0.3, 0.4) is 0 Å². The fourth-order valence-electron chi connectivity index (χ4n) is 9.81. The second kappa shape index (κ2) is 13.2. The van der Waals surface area contributed by atoms with Crippen molar-refractivity contribution in [3.63, 3.8) is 0 Å². The Morgan fingerprint density at radius 1 is 0.322 bits per heavy atom. The molecule has 0 fully saturated rings. The lowest BCUT2D eigenvalue weighted by Gasteiger charge is -2.40. The van der Waals surface area contributed by atoms with Gasteiger partial charge in [-0.3, -0.25) is 0 Å². The van der Waals surface area contributed by atoms with E-state index in [9.17, 15) is 0 Å². The van der Waals surface area contributed by atoms with Crippen LogP contribution in [0.4, 0.5) is 17.1 Å². The fraction of sp³-hybridized carbons (Fsp3) is 0.0175. The van der Waals surface area contributed by atoms with Crippen LogP contribution in [0.1, 0.15) is 22.3 Å². The maximum atomic E-state index is 6.93. The number of anilines is 3. The second-order valence-corrected chi connectivity index (χ2v) is 15.6. The summed E-state index contributed by atoms with van der Waals surface area (Å²) in [6, 6.07) is 81.7. The van der Waals surface area contributed by atoms with E-state index >= 15 is 0 Å². The van der Waals surface area contributed by atoms with Gasteiger partial charge in [0.25, 0.3) is 0 Å². The van der Waals surface area contributed by atoms with Crippen LogP contribution in [0.15, 0.2) is 224 Å². The molecule has 0 bridgehead atoms. The molecule has 1 heterocycles. The predicted octanol–water partition coefficient (Wildman–Crippen LogP) is 15.3. The topological polar surface area (TPSA) is 12.5 Å². The number of hydrogen-bond acceptors (Lipinski definition) is 2. The molecule has 1 aliphatic carbocycles. The first-order valence-corrected chi connectivity index (χ1v) is 20.3. The van der Waals surface area contributed by atoms with Gasteiger partial charge in [-0.25, -0.2) is 0 Å². The molecule has 2 heteroatoms. The van der Waals surface area contributed by atoms with Crippen molar-refractivity contribution in [1.82, 2.24) is 0 Å². The number of hydrogen-bond donors (Lipinski definition) is 0. The normalized spacial score (nSPS) is 14.6. The van der Waals surface area contributed by atoms with E-state index in [0.717, 1.165) is 45.1 Å². The van der Waals surface area contributed by atoms with Gasteiger partial charge in [0.15, 0.2) is 0 Å². The van der Waals surface area contributed by atoms with Crippen LogP contribution in [-0.4, -0.2) is 0 Å². The molecule has 0 saturated carbocycles. The van der Waals surface area contributed by atoms with E-state index in [1.807, 2.05) is 0 Å². The summed E-state index contributed by atoms with van der Waals surface area (Å²) in [5.74, 6) is 1.81. The maximum Gasteiger partial charge on any atom is 0.140 e. The molecule has 1 unspecified atom stereocenters. The summed E-state index contributed by atoms with van der Waals surface area (Å²) in [6.45, 7) is 0. The van der Waals surface area contributed by atoms with Crippen LogP contribution in [0.2, 0.25) is 0 Å². The highest BCUT2D eigenvalue weighted by Crippen LogP contribution is 2.63. The van der Waals surface area contributed by atoms with Crippen LogP contribution < -0.4 is 9.64 Å². The molecule has 0 N–H and O–H groups in total. The Balaban J connectivity index is 1.07. The molecule has 59 heavy (non-hydrogen) atoms. The van der Waals surface area contributed by atoms with Gasteiger partial charge in [-0.15, -0.1) is 0 Å². The Bertz CT molecular complexity index is 3240. The number of nitrogens with zero attached hydrogens (tertiary/aromatic N) is 1. The highest BCUT2D eigenvalue weighted by atomic mass is 16.5. The number of benzene rings is 10. The molecular weight excluding hydrogens is 715 g/mol. The highest BCUT2D eigenvalue weighted by molar-refractivity contribution is 5.97. The molecular formula is C57H37NO. The summed E-state index contributed by atoms with van der Waals surface area (Å²) in [5, 5.41) is 4.77. The number of para-hydroxylation sites is 1. The van der Waals surface area contributed by atoms with Gasteiger partial charge in [0.2, 0.25) is 0 Å². The molecule has 12 rings (SSSR count). The third-order valence-electron chi connectivity index (χ3n) is 12.5. The van der Waals surface area contributed by atoms with E-state index in [4.69, 9.17) is 4.74 Å². The minimum Gasteiger partial charge on any atom is -0.456 e. The summed E-state index contributed by atoms with van der Waals surface area (Å²) >= 11 is 0. The number of rotatable bonds is 5. The Morgan fingerprint density at radius 2 is 0.881 bits per heavy atom. The lowest BCUT2D eigenvalue weighted by Crippen LogP contribution is -2.32. The van der Waals surface area contributed by atoms with Crippen molar-refractivity contribution in [2.75, 3.05) is 4.90 Å². The SMILES string of the molecule is c1ccc(-c2ccc(N(c3ccc(-c4ccc5ccccc5c4)cc3)c3ccc4c(c3)C3(c5ccccc5Oc5c3ccc3ccccc53)c3ccccc3-4)cc2)cc1. The van der Waals surface area contributed by atoms with Crippen molar-refractivity contribution in [1.29, 1.82) is 0 Å². The Kier molecular flexibility index (Phi) is 7.48. The molecule has 0 radical (unpaired) electrons. The first kappa shape index (κ1) is 33.5. The van der Waals surface area contributed by atoms with Gasteiger partial charge in [-0.05, 0) is 109 Å². The molecule has 0 aromatic heterocycles. The minimum atomic E-state index is -0.598. The van der Waals surface area contributed by atoms with E-state index in [-0.39, 0.29) is 0 Å². The first-order valence-electron chi connectivity index (χ1n) is 20.3. The van der Waals surface area contributed by atoms with Crippen molar-refractivity contribution in [2.24, 2.45) is 0 Å². The number of ether oxygens (including phenoxy) is 1. The van der Waals surface area contributed by atoms with Gasteiger partial charge in [-0.1, -0.05) is 176 Å². The third kappa shape index (κ3) is 5.13. The van der Waals surface area contributed by atoms with Crippen LogP contribution >= 0.6 is 0 Å². The molecule has 10 aromatic carbocycles. The smallest absolute Gasteiger partial charge is 0.140 e. The summed E-state index contributed by atoms with van der Waals surface area (Å²) in [5.41, 5.74) is 14.8. The molecule has 2 nitrogen and oxygen atoms in total. The van der Waals surface area contributed by atoms with Crippen LogP contribution in [0.25, 0.3) is 54.9 Å². The van der Waals surface area contributed by atoms with Crippen molar-refractivity contribution < 1.29 is 4.74 Å². The van der Waals surface area contributed by atoms with E-state index in [2.05, 4.69) is 229 Å². The summed E-state index contributed by atoms with van der Waals surface area (Å²) < 4.78 is 6.93. The van der Waals surface area contributed by atoms with Crippen LogP contribution in [0, 0.1) is 0 Å². The van der Waals surface area contributed by atoms with E-state index in [1.165, 1.54) is 60.7 Å². The van der Waals surface area contributed by atoms with Crippen LogP contribution in [0.5, 0.6) is 11.5 Å². The Morgan fingerprint density at radius 3 is 1.68 bits per heavy atom. The van der Waals surface area contributed by atoms with E-state index in [0.29, 0.717) is 0 Å². The Labute approximate surface area is 343 Å².